The minimum absolute atomic E-state index is 0.102. The third kappa shape index (κ3) is 4.61. The molecule has 1 rings (SSSR count). The molecule has 1 amide bonds. The molecule has 22 heavy (non-hydrogen) atoms. The number of hydrogen-bond acceptors (Lipinski definition) is 6. The number of nitrogens with zero attached hydrogens (tertiary/aromatic N) is 1. The van der Waals surface area contributed by atoms with Crippen LogP contribution in [0.2, 0.25) is 0 Å². The van der Waals surface area contributed by atoms with Crippen LogP contribution in [0.3, 0.4) is 0 Å². The minimum Gasteiger partial charge on any atom is -0.463 e. The lowest BCUT2D eigenvalue weighted by atomic mass is 9.86. The summed E-state index contributed by atoms with van der Waals surface area (Å²) in [5, 5.41) is 6.53. The van der Waals surface area contributed by atoms with Crippen LogP contribution < -0.4 is 5.32 Å². The number of carbonyl (C=O) groups is 2. The summed E-state index contributed by atoms with van der Waals surface area (Å²) in [6, 6.07) is 0. The van der Waals surface area contributed by atoms with E-state index in [4.69, 9.17) is 14.3 Å². The molecule has 1 unspecified atom stereocenters. The van der Waals surface area contributed by atoms with Gasteiger partial charge in [0.15, 0.2) is 0 Å². The summed E-state index contributed by atoms with van der Waals surface area (Å²) in [4.78, 5) is 29.2. The van der Waals surface area contributed by atoms with E-state index in [1.165, 1.54) is 0 Å². The topological polar surface area (TPSA) is 86.2 Å². The first-order valence-electron chi connectivity index (χ1n) is 7.48. The second-order valence-electron chi connectivity index (χ2n) is 6.55. The van der Waals surface area contributed by atoms with Crippen molar-refractivity contribution in [3.63, 3.8) is 0 Å². The van der Waals surface area contributed by atoms with Gasteiger partial charge < -0.3 is 19.6 Å². The van der Waals surface area contributed by atoms with Gasteiger partial charge in [-0.3, -0.25) is 0 Å². The number of hydrogen-bond donors (Lipinski definition) is 1. The van der Waals surface area contributed by atoms with E-state index >= 15 is 0 Å². The molecule has 1 atom stereocenters. The molecule has 0 aromatic rings. The van der Waals surface area contributed by atoms with Crippen LogP contribution in [0.4, 0.5) is 4.79 Å². The van der Waals surface area contributed by atoms with E-state index in [-0.39, 0.29) is 19.1 Å². The molecule has 126 valence electrons. The smallest absolute Gasteiger partial charge is 0.407 e. The highest BCUT2D eigenvalue weighted by Crippen LogP contribution is 2.33. The Balaban J connectivity index is 2.59. The Labute approximate surface area is 131 Å². The zero-order chi connectivity index (χ0) is 17.0. The predicted molar refractivity (Wildman–Crippen MR) is 81.6 cm³/mol. The first-order valence-corrected chi connectivity index (χ1v) is 7.48. The first-order chi connectivity index (χ1) is 10.1. The summed E-state index contributed by atoms with van der Waals surface area (Å²) < 4.78 is 10.2. The van der Waals surface area contributed by atoms with Gasteiger partial charge in [-0.1, -0.05) is 19.0 Å². The zero-order valence-electron chi connectivity index (χ0n) is 14.2. The lowest BCUT2D eigenvalue weighted by molar-refractivity contribution is -0.174. The summed E-state index contributed by atoms with van der Waals surface area (Å²) >= 11 is 0. The van der Waals surface area contributed by atoms with Crippen LogP contribution in [0.1, 0.15) is 48.0 Å². The third-order valence-electron chi connectivity index (χ3n) is 3.19. The quantitative estimate of drug-likeness (QED) is 0.787. The fraction of sp³-hybridized carbons (Fsp3) is 0.800. The Kier molecular flexibility index (Phi) is 5.79. The summed E-state index contributed by atoms with van der Waals surface area (Å²) in [5.41, 5.74) is -1.10. The maximum absolute atomic E-state index is 12.1. The molecule has 1 N–H and O–H groups in total. The highest BCUT2D eigenvalue weighted by Gasteiger charge is 2.50. The largest absolute Gasteiger partial charge is 0.463 e. The van der Waals surface area contributed by atoms with Crippen LogP contribution in [0.25, 0.3) is 0 Å². The molecule has 0 spiro atoms. The molecule has 0 saturated carbocycles. The van der Waals surface area contributed by atoms with Gasteiger partial charge in [0.2, 0.25) is 5.60 Å². The lowest BCUT2D eigenvalue weighted by Crippen LogP contribution is -2.46. The highest BCUT2D eigenvalue weighted by atomic mass is 16.7. The Morgan fingerprint density at radius 2 is 2.05 bits per heavy atom. The second-order valence-corrected chi connectivity index (χ2v) is 6.55. The van der Waals surface area contributed by atoms with E-state index in [2.05, 4.69) is 10.5 Å². The van der Waals surface area contributed by atoms with E-state index in [0.29, 0.717) is 12.1 Å². The third-order valence-corrected chi connectivity index (χ3v) is 3.19. The van der Waals surface area contributed by atoms with Gasteiger partial charge in [0, 0.05) is 12.3 Å². The number of oxime groups is 1. The van der Waals surface area contributed by atoms with Crippen molar-refractivity contribution in [2.24, 2.45) is 11.1 Å². The molecule has 0 aromatic heterocycles. The molecule has 1 aliphatic rings. The first kappa shape index (κ1) is 18.3. The molecule has 0 aromatic carbocycles. The fourth-order valence-corrected chi connectivity index (χ4v) is 2.00. The van der Waals surface area contributed by atoms with E-state index in [9.17, 15) is 9.59 Å². The van der Waals surface area contributed by atoms with Crippen LogP contribution in [0, 0.1) is 5.92 Å². The predicted octanol–water partition coefficient (Wildman–Crippen LogP) is 2.25. The standard InChI is InChI=1S/C15H26N2O5/c1-7-20-12(18)15(10(2)3)8-11(17-22-15)9-16-13(19)21-14(4,5)6/h10H,7-9H2,1-6H3,(H,16,19). The average molecular weight is 314 g/mol. The molecule has 0 radical (unpaired) electrons. The Hall–Kier alpha value is -1.79. The molecule has 1 aliphatic heterocycles. The molecular formula is C15H26N2O5. The van der Waals surface area contributed by atoms with Crippen molar-refractivity contribution in [2.45, 2.75) is 59.2 Å². The van der Waals surface area contributed by atoms with E-state index in [1.807, 2.05) is 13.8 Å². The SMILES string of the molecule is CCOC(=O)C1(C(C)C)CC(CNC(=O)OC(C)(C)C)=NO1. The molecule has 0 fully saturated rings. The minimum atomic E-state index is -1.11. The number of carbonyl (C=O) groups excluding carboxylic acids is 2. The fourth-order valence-electron chi connectivity index (χ4n) is 2.00. The van der Waals surface area contributed by atoms with Crippen molar-refractivity contribution in [3.8, 4) is 0 Å². The average Bonchev–Trinajstić information content (AvgIpc) is 2.80. The molecule has 0 saturated heterocycles. The van der Waals surface area contributed by atoms with E-state index in [0.717, 1.165) is 0 Å². The second kappa shape index (κ2) is 6.98. The number of nitrogens with one attached hydrogen (secondary N) is 1. The monoisotopic (exact) mass is 314 g/mol. The van der Waals surface area contributed by atoms with Crippen LogP contribution in [-0.2, 0) is 19.1 Å². The van der Waals surface area contributed by atoms with Gasteiger partial charge in [0.25, 0.3) is 0 Å². The van der Waals surface area contributed by atoms with E-state index < -0.39 is 23.3 Å². The molecule has 0 aliphatic carbocycles. The van der Waals surface area contributed by atoms with Crippen molar-refractivity contribution < 1.29 is 23.9 Å². The van der Waals surface area contributed by atoms with Crippen LogP contribution >= 0.6 is 0 Å². The molecule has 1 heterocycles. The van der Waals surface area contributed by atoms with Gasteiger partial charge in [-0.2, -0.15) is 0 Å². The summed E-state index contributed by atoms with van der Waals surface area (Å²) in [7, 11) is 0. The Bertz CT molecular complexity index is 453. The van der Waals surface area contributed by atoms with Gasteiger partial charge in [0.05, 0.1) is 18.9 Å². The number of alkyl carbamates (subject to hydrolysis) is 1. The highest BCUT2D eigenvalue weighted by molar-refractivity contribution is 5.96. The van der Waals surface area contributed by atoms with Gasteiger partial charge in [-0.15, -0.1) is 0 Å². The zero-order valence-corrected chi connectivity index (χ0v) is 14.2. The maximum Gasteiger partial charge on any atom is 0.407 e. The Morgan fingerprint density at radius 1 is 1.41 bits per heavy atom. The molecular weight excluding hydrogens is 288 g/mol. The number of esters is 1. The Morgan fingerprint density at radius 3 is 2.55 bits per heavy atom. The van der Waals surface area contributed by atoms with Gasteiger partial charge in [-0.25, -0.2) is 9.59 Å². The van der Waals surface area contributed by atoms with Crippen molar-refractivity contribution >= 4 is 17.8 Å². The lowest BCUT2D eigenvalue weighted by Gasteiger charge is -2.27. The molecule has 0 bridgehead atoms. The van der Waals surface area contributed by atoms with Crippen LogP contribution in [0.5, 0.6) is 0 Å². The molecule has 7 nitrogen and oxygen atoms in total. The number of rotatable bonds is 5. The van der Waals surface area contributed by atoms with Crippen molar-refractivity contribution in [1.29, 1.82) is 0 Å². The van der Waals surface area contributed by atoms with Crippen molar-refractivity contribution in [2.75, 3.05) is 13.2 Å². The van der Waals surface area contributed by atoms with Gasteiger partial charge in [-0.05, 0) is 27.7 Å². The number of ether oxygens (including phenoxy) is 2. The van der Waals surface area contributed by atoms with Gasteiger partial charge >= 0.3 is 12.1 Å². The van der Waals surface area contributed by atoms with Crippen molar-refractivity contribution in [3.05, 3.63) is 0 Å². The number of amides is 1. The molecule has 7 heteroatoms. The summed E-state index contributed by atoms with van der Waals surface area (Å²) in [6.07, 6.45) is -0.243. The summed E-state index contributed by atoms with van der Waals surface area (Å²) in [5.74, 6) is -0.532. The van der Waals surface area contributed by atoms with Gasteiger partial charge in [0.1, 0.15) is 5.60 Å². The van der Waals surface area contributed by atoms with E-state index in [1.54, 1.807) is 27.7 Å². The normalized spacial score (nSPS) is 21.1. The van der Waals surface area contributed by atoms with Crippen LogP contribution in [-0.4, -0.2) is 42.1 Å². The maximum atomic E-state index is 12.1. The van der Waals surface area contributed by atoms with Crippen LogP contribution in [0.15, 0.2) is 5.16 Å². The summed E-state index contributed by atoms with van der Waals surface area (Å²) in [6.45, 7) is 11.3. The van der Waals surface area contributed by atoms with Crippen molar-refractivity contribution in [1.82, 2.24) is 5.32 Å².